The fourth-order valence-electron chi connectivity index (χ4n) is 4.12. The van der Waals surface area contributed by atoms with E-state index in [1.165, 1.54) is 10.9 Å². The highest BCUT2D eigenvalue weighted by Crippen LogP contribution is 2.26. The van der Waals surface area contributed by atoms with Crippen molar-refractivity contribution < 1.29 is 5.11 Å². The molecule has 0 bridgehead atoms. The van der Waals surface area contributed by atoms with Crippen molar-refractivity contribution >= 4 is 16.6 Å². The largest absolute Gasteiger partial charge is 0.391 e. The molecule has 1 saturated heterocycles. The van der Waals surface area contributed by atoms with E-state index >= 15 is 0 Å². The van der Waals surface area contributed by atoms with Crippen LogP contribution < -0.4 is 0 Å². The van der Waals surface area contributed by atoms with Crippen LogP contribution in [0.4, 0.5) is 0 Å². The molecular formula is C21H21N5O. The molecular weight excluding hydrogens is 338 g/mol. The number of β-amino-alcohol motifs (C(OH)–C–C–N with tert-alkyl or cyclic N) is 1. The van der Waals surface area contributed by atoms with E-state index in [2.05, 4.69) is 32.1 Å². The van der Waals surface area contributed by atoms with E-state index in [1.807, 2.05) is 42.9 Å². The molecule has 0 spiro atoms. The Balaban J connectivity index is 1.34. The third-order valence-corrected chi connectivity index (χ3v) is 5.45. The number of rotatable bonds is 4. The van der Waals surface area contributed by atoms with Gasteiger partial charge in [-0.2, -0.15) is 5.10 Å². The maximum absolute atomic E-state index is 10.6. The summed E-state index contributed by atoms with van der Waals surface area (Å²) in [6, 6.07) is 12.2. The van der Waals surface area contributed by atoms with Gasteiger partial charge in [-0.15, -0.1) is 0 Å². The van der Waals surface area contributed by atoms with Gasteiger partial charge in [-0.1, -0.05) is 18.2 Å². The van der Waals surface area contributed by atoms with Crippen LogP contribution in [0.1, 0.15) is 11.1 Å². The molecule has 27 heavy (non-hydrogen) atoms. The maximum atomic E-state index is 10.6. The molecule has 5 rings (SSSR count). The van der Waals surface area contributed by atoms with Gasteiger partial charge in [-0.25, -0.2) is 9.50 Å². The topological polar surface area (TPSA) is 66.5 Å². The number of aliphatic hydroxyl groups is 1. The number of aromatic nitrogens is 4. The van der Waals surface area contributed by atoms with Crippen LogP contribution >= 0.6 is 0 Å². The van der Waals surface area contributed by atoms with E-state index in [0.717, 1.165) is 36.2 Å². The predicted octanol–water partition coefficient (Wildman–Crippen LogP) is 2.31. The molecule has 136 valence electrons. The number of hydrogen-bond donors (Lipinski definition) is 1. The first-order valence-corrected chi connectivity index (χ1v) is 9.28. The van der Waals surface area contributed by atoms with Crippen LogP contribution in [0.5, 0.6) is 0 Å². The molecule has 0 radical (unpaired) electrons. The van der Waals surface area contributed by atoms with Crippen molar-refractivity contribution in [3.05, 3.63) is 72.3 Å². The van der Waals surface area contributed by atoms with Gasteiger partial charge < -0.3 is 5.11 Å². The van der Waals surface area contributed by atoms with Crippen molar-refractivity contribution in [3.8, 4) is 0 Å². The number of hydrogen-bond acceptors (Lipinski definition) is 5. The first-order chi connectivity index (χ1) is 13.3. The van der Waals surface area contributed by atoms with Crippen LogP contribution in [-0.2, 0) is 13.0 Å². The van der Waals surface area contributed by atoms with Gasteiger partial charge in [0.05, 0.1) is 17.8 Å². The van der Waals surface area contributed by atoms with Crippen molar-refractivity contribution in [3.63, 3.8) is 0 Å². The van der Waals surface area contributed by atoms with Crippen molar-refractivity contribution in [2.45, 2.75) is 19.1 Å². The molecule has 1 fully saturated rings. The van der Waals surface area contributed by atoms with Gasteiger partial charge in [0, 0.05) is 55.1 Å². The third-order valence-electron chi connectivity index (χ3n) is 5.45. The molecule has 1 aliphatic heterocycles. The Morgan fingerprint density at radius 1 is 1.00 bits per heavy atom. The van der Waals surface area contributed by atoms with E-state index in [9.17, 15) is 5.11 Å². The predicted molar refractivity (Wildman–Crippen MR) is 103 cm³/mol. The second kappa shape index (κ2) is 6.72. The summed E-state index contributed by atoms with van der Waals surface area (Å²) in [6.07, 6.45) is 7.96. The zero-order valence-corrected chi connectivity index (χ0v) is 14.9. The number of pyridine rings is 1. The normalized spacial score (nSPS) is 20.6. The highest BCUT2D eigenvalue weighted by molar-refractivity contribution is 5.81. The number of fused-ring (bicyclic) bond motifs is 2. The summed E-state index contributed by atoms with van der Waals surface area (Å²) in [5, 5.41) is 16.2. The van der Waals surface area contributed by atoms with Crippen molar-refractivity contribution in [2.24, 2.45) is 5.92 Å². The van der Waals surface area contributed by atoms with E-state index in [-0.39, 0.29) is 12.0 Å². The van der Waals surface area contributed by atoms with Crippen molar-refractivity contribution in [1.29, 1.82) is 0 Å². The maximum Gasteiger partial charge on any atom is 0.159 e. The minimum absolute atomic E-state index is 0.214. The summed E-state index contributed by atoms with van der Waals surface area (Å²) in [5.41, 5.74) is 4.24. The fraction of sp³-hybridized carbons (Fsp3) is 0.286. The standard InChI is InChI=1S/C21H21N5O/c27-20-14-25(13-17-11-24-26-9-3-7-23-21(17)26)12-16(20)10-15-6-8-22-19-5-2-1-4-18(15)19/h1-9,11,16,20,27H,10,12-14H2/t16-,20-/m1/s1. The molecule has 0 saturated carbocycles. The molecule has 4 heterocycles. The summed E-state index contributed by atoms with van der Waals surface area (Å²) in [4.78, 5) is 11.2. The van der Waals surface area contributed by atoms with Crippen LogP contribution in [0.3, 0.4) is 0 Å². The SMILES string of the molecule is O[C@@H]1CN(Cc2cnn3cccnc23)C[C@H]1Cc1ccnc2ccccc12. The van der Waals surface area contributed by atoms with Gasteiger partial charge in [0.15, 0.2) is 5.65 Å². The molecule has 0 aliphatic carbocycles. The Labute approximate surface area is 157 Å². The average Bonchev–Trinajstić information content (AvgIpc) is 3.26. The van der Waals surface area contributed by atoms with Gasteiger partial charge >= 0.3 is 0 Å². The van der Waals surface area contributed by atoms with E-state index in [0.29, 0.717) is 6.54 Å². The van der Waals surface area contributed by atoms with Crippen LogP contribution in [0.15, 0.2) is 61.2 Å². The Hall–Kier alpha value is -2.83. The fourth-order valence-corrected chi connectivity index (χ4v) is 4.12. The van der Waals surface area contributed by atoms with Gasteiger partial charge in [0.1, 0.15) is 0 Å². The van der Waals surface area contributed by atoms with Crippen molar-refractivity contribution in [2.75, 3.05) is 13.1 Å². The lowest BCUT2D eigenvalue weighted by atomic mass is 9.94. The number of para-hydroxylation sites is 1. The highest BCUT2D eigenvalue weighted by Gasteiger charge is 2.32. The second-order valence-corrected chi connectivity index (χ2v) is 7.27. The smallest absolute Gasteiger partial charge is 0.159 e. The van der Waals surface area contributed by atoms with Crippen LogP contribution in [0.25, 0.3) is 16.6 Å². The third kappa shape index (κ3) is 3.07. The number of benzene rings is 1. The molecule has 4 aromatic rings. The van der Waals surface area contributed by atoms with Gasteiger partial charge in [-0.05, 0) is 30.2 Å². The molecule has 0 amide bonds. The van der Waals surface area contributed by atoms with Crippen molar-refractivity contribution in [1.82, 2.24) is 24.5 Å². The average molecular weight is 359 g/mol. The monoisotopic (exact) mass is 359 g/mol. The minimum atomic E-state index is -0.327. The van der Waals surface area contributed by atoms with Gasteiger partial charge in [0.25, 0.3) is 0 Å². The molecule has 1 aliphatic rings. The Bertz CT molecular complexity index is 1090. The zero-order valence-electron chi connectivity index (χ0n) is 14.9. The molecule has 6 heteroatoms. The lowest BCUT2D eigenvalue weighted by Crippen LogP contribution is -2.21. The van der Waals surface area contributed by atoms with Crippen LogP contribution in [0.2, 0.25) is 0 Å². The van der Waals surface area contributed by atoms with Crippen LogP contribution in [0, 0.1) is 5.92 Å². The second-order valence-electron chi connectivity index (χ2n) is 7.27. The van der Waals surface area contributed by atoms with E-state index in [4.69, 9.17) is 0 Å². The first kappa shape index (κ1) is 16.4. The number of aliphatic hydroxyl groups excluding tert-OH is 1. The summed E-state index contributed by atoms with van der Waals surface area (Å²) in [5.74, 6) is 0.214. The van der Waals surface area contributed by atoms with Gasteiger partial charge in [0.2, 0.25) is 0 Å². The first-order valence-electron chi connectivity index (χ1n) is 9.28. The summed E-state index contributed by atoms with van der Waals surface area (Å²) in [6.45, 7) is 2.30. The number of nitrogens with zero attached hydrogens (tertiary/aromatic N) is 5. The molecule has 2 atom stereocenters. The zero-order chi connectivity index (χ0) is 18.2. The van der Waals surface area contributed by atoms with E-state index < -0.39 is 0 Å². The highest BCUT2D eigenvalue weighted by atomic mass is 16.3. The summed E-state index contributed by atoms with van der Waals surface area (Å²) >= 11 is 0. The minimum Gasteiger partial charge on any atom is -0.391 e. The summed E-state index contributed by atoms with van der Waals surface area (Å²) < 4.78 is 1.79. The lowest BCUT2D eigenvalue weighted by Gasteiger charge is -2.16. The number of likely N-dealkylation sites (tertiary alicyclic amines) is 1. The lowest BCUT2D eigenvalue weighted by molar-refractivity contribution is 0.141. The molecule has 1 aromatic carbocycles. The quantitative estimate of drug-likeness (QED) is 0.606. The Morgan fingerprint density at radius 2 is 1.93 bits per heavy atom. The molecule has 6 nitrogen and oxygen atoms in total. The molecule has 0 unspecified atom stereocenters. The summed E-state index contributed by atoms with van der Waals surface area (Å²) in [7, 11) is 0. The molecule has 1 N–H and O–H groups in total. The van der Waals surface area contributed by atoms with Gasteiger partial charge in [-0.3, -0.25) is 9.88 Å². The van der Waals surface area contributed by atoms with E-state index in [1.54, 1.807) is 10.7 Å². The van der Waals surface area contributed by atoms with Crippen LogP contribution in [-0.4, -0.2) is 48.8 Å². The Morgan fingerprint density at radius 3 is 2.89 bits per heavy atom. The molecule has 3 aromatic heterocycles. The Kier molecular flexibility index (Phi) is 4.07.